The molecule has 0 aliphatic carbocycles. The standard InChI is InChI=1S/C20H21ClFN5O3S.C19H19ClFN5O3S/c1-11-16(19(28)30-3)31-18(25-11)13-10-24-20(27-17(13)23-7-4-8-29-2)26-12-5-6-15(22)14(21)9-12;1-10-15(18(27)28)30-17(24-10)12-9-23-19(26-16(12)22-6-3-7-29-2)25-11-4-5-14(21)13(20)8-11/h5-6,9-10H,4,7-8H2,1-3H3,(H2,23,24,26,27);4-5,8-9H,3,6-7H2,1-2H3,(H,27,28)(H2,22,23,25,26). The summed E-state index contributed by atoms with van der Waals surface area (Å²) < 4.78 is 41.7. The van der Waals surface area contributed by atoms with E-state index in [1.165, 1.54) is 54.8 Å². The molecule has 16 nitrogen and oxygen atoms in total. The molecule has 0 saturated heterocycles. The number of aromatic carboxylic acids is 1. The summed E-state index contributed by atoms with van der Waals surface area (Å²) in [7, 11) is 4.59. The minimum absolute atomic E-state index is 0.00636. The molecule has 0 amide bonds. The Kier molecular flexibility index (Phi) is 17.0. The first-order valence-electron chi connectivity index (χ1n) is 18.2. The number of anilines is 6. The number of ether oxygens (including phenoxy) is 3. The van der Waals surface area contributed by atoms with Gasteiger partial charge < -0.3 is 40.6 Å². The van der Waals surface area contributed by atoms with Crippen molar-refractivity contribution in [2.75, 3.05) is 68.9 Å². The van der Waals surface area contributed by atoms with Crippen LogP contribution in [0.5, 0.6) is 0 Å². The van der Waals surface area contributed by atoms with E-state index in [2.05, 4.69) is 51.2 Å². The van der Waals surface area contributed by atoms with Crippen molar-refractivity contribution in [3.05, 3.63) is 91.6 Å². The number of carboxylic acids is 1. The molecular formula is C39H40Cl2F2N10O6S2. The minimum atomic E-state index is -1.03. The Balaban J connectivity index is 0.000000231. The van der Waals surface area contributed by atoms with E-state index in [1.54, 1.807) is 40.5 Å². The van der Waals surface area contributed by atoms with E-state index in [4.69, 9.17) is 37.4 Å². The highest BCUT2D eigenvalue weighted by Gasteiger charge is 2.21. The van der Waals surface area contributed by atoms with Crippen LogP contribution >= 0.6 is 45.9 Å². The van der Waals surface area contributed by atoms with Crippen molar-refractivity contribution in [1.82, 2.24) is 29.9 Å². The molecule has 2 aromatic carbocycles. The monoisotopic (exact) mass is 916 g/mol. The number of thiazole rings is 2. The molecule has 0 unspecified atom stereocenters. The van der Waals surface area contributed by atoms with Crippen LogP contribution in [0, 0.1) is 25.5 Å². The number of nitrogens with one attached hydrogen (secondary N) is 4. The highest BCUT2D eigenvalue weighted by molar-refractivity contribution is 7.17. The lowest BCUT2D eigenvalue weighted by Gasteiger charge is -2.12. The fraction of sp³-hybridized carbons (Fsp3) is 0.282. The van der Waals surface area contributed by atoms with E-state index >= 15 is 0 Å². The van der Waals surface area contributed by atoms with E-state index in [-0.39, 0.29) is 20.9 Å². The van der Waals surface area contributed by atoms with Gasteiger partial charge >= 0.3 is 11.9 Å². The number of esters is 1. The van der Waals surface area contributed by atoms with Crippen molar-refractivity contribution >= 4 is 92.7 Å². The number of rotatable bonds is 18. The van der Waals surface area contributed by atoms with Crippen molar-refractivity contribution in [2.45, 2.75) is 26.7 Å². The Bertz CT molecular complexity index is 2480. The van der Waals surface area contributed by atoms with Gasteiger partial charge in [-0.05, 0) is 63.1 Å². The maximum Gasteiger partial charge on any atom is 0.349 e. The fourth-order valence-electron chi connectivity index (χ4n) is 5.22. The molecule has 22 heteroatoms. The summed E-state index contributed by atoms with van der Waals surface area (Å²) in [4.78, 5) is 50.4. The molecule has 6 rings (SSSR count). The Morgan fingerprint density at radius 2 is 1.15 bits per heavy atom. The minimum Gasteiger partial charge on any atom is -0.477 e. The lowest BCUT2D eigenvalue weighted by atomic mass is 10.3. The molecule has 4 heterocycles. The number of aromatic nitrogens is 6. The summed E-state index contributed by atoms with van der Waals surface area (Å²) in [5, 5.41) is 22.8. The zero-order valence-corrected chi connectivity index (χ0v) is 36.5. The number of carboxylic acid groups (broad SMARTS) is 1. The predicted molar refractivity (Wildman–Crippen MR) is 233 cm³/mol. The molecule has 0 aliphatic heterocycles. The van der Waals surface area contributed by atoms with E-state index < -0.39 is 23.6 Å². The summed E-state index contributed by atoms with van der Waals surface area (Å²) >= 11 is 13.9. The molecule has 0 radical (unpaired) electrons. The predicted octanol–water partition coefficient (Wildman–Crippen LogP) is 9.27. The van der Waals surface area contributed by atoms with E-state index in [0.29, 0.717) is 92.7 Å². The second-order valence-corrected chi connectivity index (χ2v) is 15.4. The third kappa shape index (κ3) is 12.7. The molecule has 5 N–H and O–H groups in total. The zero-order valence-electron chi connectivity index (χ0n) is 33.4. The van der Waals surface area contributed by atoms with Gasteiger partial charge in [0.2, 0.25) is 11.9 Å². The Morgan fingerprint density at radius 3 is 1.54 bits per heavy atom. The van der Waals surface area contributed by atoms with Crippen LogP contribution < -0.4 is 21.3 Å². The Hall–Kier alpha value is -5.64. The quantitative estimate of drug-likeness (QED) is 0.0402. The van der Waals surface area contributed by atoms with E-state index in [0.717, 1.165) is 24.2 Å². The number of hydrogen-bond donors (Lipinski definition) is 5. The number of carbonyl (C=O) groups excluding carboxylic acids is 1. The third-order valence-electron chi connectivity index (χ3n) is 8.18. The molecule has 6 aromatic rings. The van der Waals surface area contributed by atoms with Crippen LogP contribution in [0.1, 0.15) is 43.6 Å². The maximum atomic E-state index is 13.4. The molecule has 0 fully saturated rings. The first-order chi connectivity index (χ1) is 29.3. The lowest BCUT2D eigenvalue weighted by Crippen LogP contribution is -2.09. The number of aryl methyl sites for hydroxylation is 2. The van der Waals surface area contributed by atoms with Gasteiger partial charge in [-0.3, -0.25) is 0 Å². The van der Waals surface area contributed by atoms with Gasteiger partial charge in [0.15, 0.2) is 0 Å². The number of benzene rings is 2. The van der Waals surface area contributed by atoms with Gasteiger partial charge in [-0.1, -0.05) is 23.2 Å². The number of nitrogens with zero attached hydrogens (tertiary/aromatic N) is 6. The van der Waals surface area contributed by atoms with Gasteiger partial charge in [-0.15, -0.1) is 22.7 Å². The summed E-state index contributed by atoms with van der Waals surface area (Å²) in [5.41, 5.74) is 3.29. The van der Waals surface area contributed by atoms with E-state index in [1.807, 2.05) is 0 Å². The van der Waals surface area contributed by atoms with E-state index in [9.17, 15) is 23.5 Å². The topological polar surface area (TPSA) is 208 Å². The van der Waals surface area contributed by atoms with Crippen molar-refractivity contribution in [3.8, 4) is 21.1 Å². The van der Waals surface area contributed by atoms with Crippen molar-refractivity contribution in [2.24, 2.45) is 0 Å². The normalized spacial score (nSPS) is 10.8. The molecule has 61 heavy (non-hydrogen) atoms. The van der Waals surface area contributed by atoms with Gasteiger partial charge in [-0.2, -0.15) is 9.97 Å². The SMILES string of the molecule is COCCCNc1nc(Nc2ccc(F)c(Cl)c2)ncc1-c1nc(C)c(C(=O)O)s1.COCCCNc1nc(Nc2ccc(F)c(Cl)c2)ncc1-c1nc(C)c(C(=O)OC)s1. The number of carbonyl (C=O) groups is 2. The number of halogens is 4. The largest absolute Gasteiger partial charge is 0.477 e. The molecular weight excluding hydrogens is 878 g/mol. The second kappa shape index (κ2) is 22.3. The van der Waals surface area contributed by atoms with Gasteiger partial charge in [-0.25, -0.2) is 38.3 Å². The van der Waals surface area contributed by atoms with Crippen LogP contribution in [-0.2, 0) is 14.2 Å². The molecule has 322 valence electrons. The van der Waals surface area contributed by atoms with Crippen LogP contribution in [0.3, 0.4) is 0 Å². The van der Waals surface area contributed by atoms with Crippen molar-refractivity contribution in [1.29, 1.82) is 0 Å². The van der Waals surface area contributed by atoms with Crippen LogP contribution in [0.15, 0.2) is 48.8 Å². The highest BCUT2D eigenvalue weighted by atomic mass is 35.5. The highest BCUT2D eigenvalue weighted by Crippen LogP contribution is 2.35. The summed E-state index contributed by atoms with van der Waals surface area (Å²) in [6.07, 6.45) is 4.68. The van der Waals surface area contributed by atoms with Gasteiger partial charge in [0, 0.05) is 64.3 Å². The smallest absolute Gasteiger partial charge is 0.349 e. The lowest BCUT2D eigenvalue weighted by molar-refractivity contribution is 0.0604. The van der Waals surface area contributed by atoms with Gasteiger partial charge in [0.05, 0.1) is 39.7 Å². The van der Waals surface area contributed by atoms with Crippen LogP contribution in [0.4, 0.5) is 43.7 Å². The Morgan fingerprint density at radius 1 is 0.705 bits per heavy atom. The van der Waals surface area contributed by atoms with Crippen LogP contribution in [0.2, 0.25) is 10.0 Å². The molecule has 0 atom stereocenters. The molecule has 4 aromatic heterocycles. The van der Waals surface area contributed by atoms with Crippen molar-refractivity contribution < 1.29 is 37.7 Å². The van der Waals surface area contributed by atoms with Crippen LogP contribution in [-0.4, -0.2) is 94.6 Å². The van der Waals surface area contributed by atoms with Crippen LogP contribution in [0.25, 0.3) is 21.1 Å². The Labute approximate surface area is 367 Å². The summed E-state index contributed by atoms with van der Waals surface area (Å²) in [6.45, 7) is 5.74. The third-order valence-corrected chi connectivity index (χ3v) is 11.1. The molecule has 0 saturated carbocycles. The molecule has 0 bridgehead atoms. The fourth-order valence-corrected chi connectivity index (χ4v) is 7.50. The zero-order chi connectivity index (χ0) is 44.1. The number of methoxy groups -OCH3 is 3. The number of hydrogen-bond acceptors (Lipinski definition) is 17. The average Bonchev–Trinajstić information content (AvgIpc) is 3.83. The van der Waals surface area contributed by atoms with Gasteiger partial charge in [0.25, 0.3) is 0 Å². The average molecular weight is 918 g/mol. The first kappa shape index (κ1) is 46.4. The maximum absolute atomic E-state index is 13.4. The second-order valence-electron chi connectivity index (χ2n) is 12.6. The molecule has 0 spiro atoms. The van der Waals surface area contributed by atoms with Gasteiger partial charge in [0.1, 0.15) is 43.0 Å². The first-order valence-corrected chi connectivity index (χ1v) is 20.6. The molecule has 0 aliphatic rings. The summed E-state index contributed by atoms with van der Waals surface area (Å²) in [5.74, 6) is -0.919. The van der Waals surface area contributed by atoms with Crippen molar-refractivity contribution in [3.63, 3.8) is 0 Å². The summed E-state index contributed by atoms with van der Waals surface area (Å²) in [6, 6.07) is 8.45.